The van der Waals surface area contributed by atoms with Crippen molar-refractivity contribution in [3.63, 3.8) is 0 Å². The molecule has 0 heterocycles. The van der Waals surface area contributed by atoms with Gasteiger partial charge in [0.2, 0.25) is 0 Å². The fraction of sp³-hybridized carbons (Fsp3) is 0.188. The van der Waals surface area contributed by atoms with Gasteiger partial charge in [-0.15, -0.1) is 0 Å². The van der Waals surface area contributed by atoms with Crippen LogP contribution in [0.15, 0.2) is 36.4 Å². The molecule has 0 aliphatic carbocycles. The van der Waals surface area contributed by atoms with Crippen molar-refractivity contribution in [2.24, 2.45) is 5.73 Å². The first-order chi connectivity index (χ1) is 9.73. The Morgan fingerprint density at radius 1 is 1.10 bits per heavy atom. The first-order valence-electron chi connectivity index (χ1n) is 6.19. The summed E-state index contributed by atoms with van der Waals surface area (Å²) in [5, 5.41) is 9.00. The quantitative estimate of drug-likeness (QED) is 0.925. The van der Waals surface area contributed by atoms with E-state index >= 15 is 0 Å². The van der Waals surface area contributed by atoms with E-state index in [1.165, 1.54) is 0 Å². The van der Waals surface area contributed by atoms with Crippen molar-refractivity contribution in [3.05, 3.63) is 47.5 Å². The molecule has 2 N–H and O–H groups in total. The van der Waals surface area contributed by atoms with E-state index in [0.717, 1.165) is 16.7 Å². The van der Waals surface area contributed by atoms with Gasteiger partial charge in [0, 0.05) is 6.54 Å². The number of hydrogen-bond acceptors (Lipinski definition) is 4. The van der Waals surface area contributed by atoms with Crippen molar-refractivity contribution >= 4 is 0 Å². The van der Waals surface area contributed by atoms with E-state index in [9.17, 15) is 0 Å². The second kappa shape index (κ2) is 6.09. The number of methoxy groups -OCH3 is 2. The Labute approximate surface area is 118 Å². The van der Waals surface area contributed by atoms with Gasteiger partial charge in [0.25, 0.3) is 0 Å². The van der Waals surface area contributed by atoms with Gasteiger partial charge < -0.3 is 15.2 Å². The molecule has 0 spiro atoms. The molecule has 0 aromatic heterocycles. The maximum absolute atomic E-state index is 9.00. The Morgan fingerprint density at radius 2 is 1.80 bits per heavy atom. The van der Waals surface area contributed by atoms with Crippen LogP contribution in [0.3, 0.4) is 0 Å². The SMILES string of the molecule is COc1cc(CN)c(-c2cccc(C#N)c2)cc1OC. The third kappa shape index (κ3) is 2.58. The van der Waals surface area contributed by atoms with Gasteiger partial charge in [-0.2, -0.15) is 5.26 Å². The largest absolute Gasteiger partial charge is 0.493 e. The van der Waals surface area contributed by atoms with Gasteiger partial charge in [-0.1, -0.05) is 12.1 Å². The van der Waals surface area contributed by atoms with Crippen molar-refractivity contribution in [2.75, 3.05) is 14.2 Å². The molecule has 2 rings (SSSR count). The average molecular weight is 268 g/mol. The van der Waals surface area contributed by atoms with Crippen LogP contribution in [0.1, 0.15) is 11.1 Å². The molecule has 0 saturated heterocycles. The zero-order valence-corrected chi connectivity index (χ0v) is 11.5. The lowest BCUT2D eigenvalue weighted by Gasteiger charge is -2.14. The maximum atomic E-state index is 9.00. The summed E-state index contributed by atoms with van der Waals surface area (Å²) in [6.45, 7) is 0.381. The third-order valence-corrected chi connectivity index (χ3v) is 3.13. The summed E-state index contributed by atoms with van der Waals surface area (Å²) < 4.78 is 10.6. The van der Waals surface area contributed by atoms with Crippen LogP contribution in [0.25, 0.3) is 11.1 Å². The Bertz CT molecular complexity index is 660. The molecule has 0 unspecified atom stereocenters. The molecule has 0 atom stereocenters. The molecule has 2 aromatic rings. The lowest BCUT2D eigenvalue weighted by molar-refractivity contribution is 0.354. The summed E-state index contributed by atoms with van der Waals surface area (Å²) in [4.78, 5) is 0. The van der Waals surface area contributed by atoms with Crippen LogP contribution >= 0.6 is 0 Å². The second-order valence-corrected chi connectivity index (χ2v) is 4.26. The number of ether oxygens (including phenoxy) is 2. The van der Waals surface area contributed by atoms with Crippen LogP contribution in [0.2, 0.25) is 0 Å². The minimum atomic E-state index is 0.381. The number of nitrogens with zero attached hydrogens (tertiary/aromatic N) is 1. The molecule has 20 heavy (non-hydrogen) atoms. The molecule has 0 aliphatic heterocycles. The van der Waals surface area contributed by atoms with Crippen molar-refractivity contribution in [1.82, 2.24) is 0 Å². The zero-order valence-electron chi connectivity index (χ0n) is 11.5. The topological polar surface area (TPSA) is 68.3 Å². The minimum absolute atomic E-state index is 0.381. The Hall–Kier alpha value is -2.51. The van der Waals surface area contributed by atoms with Crippen molar-refractivity contribution in [2.45, 2.75) is 6.54 Å². The van der Waals surface area contributed by atoms with Crippen molar-refractivity contribution < 1.29 is 9.47 Å². The number of benzene rings is 2. The van der Waals surface area contributed by atoms with E-state index < -0.39 is 0 Å². The lowest BCUT2D eigenvalue weighted by Crippen LogP contribution is -2.01. The molecule has 0 saturated carbocycles. The number of nitrogens with two attached hydrogens (primary N) is 1. The van der Waals surface area contributed by atoms with Crippen LogP contribution in [0.4, 0.5) is 0 Å². The summed E-state index contributed by atoms with van der Waals surface area (Å²) in [6.07, 6.45) is 0. The van der Waals surface area contributed by atoms with E-state index in [1.54, 1.807) is 20.3 Å². The molecule has 0 aliphatic rings. The van der Waals surface area contributed by atoms with Crippen LogP contribution in [-0.2, 0) is 6.54 Å². The van der Waals surface area contributed by atoms with Crippen molar-refractivity contribution in [1.29, 1.82) is 5.26 Å². The summed E-state index contributed by atoms with van der Waals surface area (Å²) in [5.41, 5.74) is 9.25. The van der Waals surface area contributed by atoms with Gasteiger partial charge in [-0.3, -0.25) is 0 Å². The Kier molecular flexibility index (Phi) is 4.24. The lowest BCUT2D eigenvalue weighted by atomic mass is 9.97. The fourth-order valence-corrected chi connectivity index (χ4v) is 2.11. The Balaban J connectivity index is 2.63. The van der Waals surface area contributed by atoms with Crippen LogP contribution in [0, 0.1) is 11.3 Å². The molecular weight excluding hydrogens is 252 g/mol. The van der Waals surface area contributed by atoms with E-state index in [4.69, 9.17) is 20.5 Å². The van der Waals surface area contributed by atoms with E-state index in [1.807, 2.05) is 30.3 Å². The summed E-state index contributed by atoms with van der Waals surface area (Å²) in [5.74, 6) is 1.29. The molecule has 4 heteroatoms. The summed E-state index contributed by atoms with van der Waals surface area (Å²) >= 11 is 0. The number of hydrogen-bond donors (Lipinski definition) is 1. The molecule has 0 amide bonds. The van der Waals surface area contributed by atoms with Gasteiger partial charge in [0.05, 0.1) is 25.9 Å². The highest BCUT2D eigenvalue weighted by Crippen LogP contribution is 2.35. The monoisotopic (exact) mass is 268 g/mol. The van der Waals surface area contributed by atoms with Crippen LogP contribution in [-0.4, -0.2) is 14.2 Å². The third-order valence-electron chi connectivity index (χ3n) is 3.13. The highest BCUT2D eigenvalue weighted by Gasteiger charge is 2.12. The van der Waals surface area contributed by atoms with Gasteiger partial charge in [-0.05, 0) is 41.0 Å². The predicted molar refractivity (Wildman–Crippen MR) is 77.6 cm³/mol. The summed E-state index contributed by atoms with van der Waals surface area (Å²) in [7, 11) is 3.18. The van der Waals surface area contributed by atoms with Gasteiger partial charge in [0.15, 0.2) is 11.5 Å². The molecule has 0 bridgehead atoms. The average Bonchev–Trinajstić information content (AvgIpc) is 2.53. The number of nitriles is 1. The summed E-state index contributed by atoms with van der Waals surface area (Å²) in [6, 6.07) is 13.3. The maximum Gasteiger partial charge on any atom is 0.161 e. The molecule has 0 fully saturated rings. The van der Waals surface area contributed by atoms with E-state index in [2.05, 4.69) is 6.07 Å². The highest BCUT2D eigenvalue weighted by atomic mass is 16.5. The van der Waals surface area contributed by atoms with Crippen LogP contribution in [0.5, 0.6) is 11.5 Å². The van der Waals surface area contributed by atoms with Gasteiger partial charge in [-0.25, -0.2) is 0 Å². The smallest absolute Gasteiger partial charge is 0.161 e. The predicted octanol–water partition coefficient (Wildman–Crippen LogP) is 2.70. The van der Waals surface area contributed by atoms with E-state index in [0.29, 0.717) is 23.6 Å². The van der Waals surface area contributed by atoms with E-state index in [-0.39, 0.29) is 0 Å². The fourth-order valence-electron chi connectivity index (χ4n) is 2.11. The van der Waals surface area contributed by atoms with Gasteiger partial charge in [0.1, 0.15) is 0 Å². The van der Waals surface area contributed by atoms with Gasteiger partial charge >= 0.3 is 0 Å². The molecule has 0 radical (unpaired) electrons. The normalized spacial score (nSPS) is 9.90. The van der Waals surface area contributed by atoms with Crippen molar-refractivity contribution in [3.8, 4) is 28.7 Å². The molecule has 102 valence electrons. The molecule has 2 aromatic carbocycles. The molecule has 4 nitrogen and oxygen atoms in total. The minimum Gasteiger partial charge on any atom is -0.493 e. The molecular formula is C16H16N2O2. The standard InChI is InChI=1S/C16H16N2O2/c1-19-15-7-13(10-18)14(8-16(15)20-2)12-5-3-4-11(6-12)9-17/h3-8H,10,18H2,1-2H3. The Morgan fingerprint density at radius 3 is 2.40 bits per heavy atom. The first-order valence-corrected chi connectivity index (χ1v) is 6.19. The second-order valence-electron chi connectivity index (χ2n) is 4.26. The first kappa shape index (κ1) is 13.9. The number of rotatable bonds is 4. The van der Waals surface area contributed by atoms with Crippen LogP contribution < -0.4 is 15.2 Å². The zero-order chi connectivity index (χ0) is 14.5. The highest BCUT2D eigenvalue weighted by molar-refractivity contribution is 5.72.